The van der Waals surface area contributed by atoms with Crippen LogP contribution in [0.15, 0.2) is 25.3 Å². The summed E-state index contributed by atoms with van der Waals surface area (Å²) in [6, 6.07) is 1.90. The quantitative estimate of drug-likeness (QED) is 0.628. The molecule has 0 bridgehead atoms. The second-order valence-electron chi connectivity index (χ2n) is 1.54. The molecule has 1 N–H and O–H groups in total. The number of hydrogen-bond donors (Lipinski definition) is 1. The van der Waals surface area contributed by atoms with Crippen molar-refractivity contribution in [2.24, 2.45) is 0 Å². The monoisotopic (exact) mass is 153 g/mol. The molecule has 0 aliphatic heterocycles. The molecule has 0 aromatic rings. The van der Waals surface area contributed by atoms with E-state index in [9.17, 15) is 4.79 Å². The molecule has 0 aromatic carbocycles. The van der Waals surface area contributed by atoms with Crippen LogP contribution in [0.2, 0.25) is 0 Å². The summed E-state index contributed by atoms with van der Waals surface area (Å²) in [7, 11) is 0. The Balaban J connectivity index is 0. The lowest BCUT2D eigenvalue weighted by molar-refractivity contribution is -0.135. The van der Waals surface area contributed by atoms with Gasteiger partial charge in [-0.15, -0.1) is 13.2 Å². The summed E-state index contributed by atoms with van der Waals surface area (Å²) >= 11 is 0. The minimum Gasteiger partial charge on any atom is -0.481 e. The maximum atomic E-state index is 9.53. The number of carboxylic acids is 1. The van der Waals surface area contributed by atoms with Gasteiger partial charge in [0.2, 0.25) is 0 Å². The molecule has 0 aliphatic rings. The zero-order valence-corrected chi connectivity index (χ0v) is 6.29. The van der Waals surface area contributed by atoms with E-state index in [1.54, 1.807) is 6.08 Å². The number of nitrogens with zero attached hydrogens (tertiary/aromatic N) is 1. The van der Waals surface area contributed by atoms with Gasteiger partial charge in [-0.25, -0.2) is 0 Å². The molecule has 60 valence electrons. The lowest BCUT2D eigenvalue weighted by atomic mass is 10.4. The molecular formula is C8H11NO2. The number of allylic oxidation sites excluding steroid dienone is 1. The molecule has 0 aliphatic carbocycles. The average Bonchev–Trinajstić information content (AvgIpc) is 1.90. The van der Waals surface area contributed by atoms with Crippen molar-refractivity contribution in [2.75, 3.05) is 0 Å². The van der Waals surface area contributed by atoms with Gasteiger partial charge in [-0.1, -0.05) is 12.2 Å². The van der Waals surface area contributed by atoms with Crippen molar-refractivity contribution in [3.63, 3.8) is 0 Å². The second kappa shape index (κ2) is 11.3. The zero-order valence-electron chi connectivity index (χ0n) is 6.29. The topological polar surface area (TPSA) is 61.1 Å². The number of rotatable bonds is 3. The van der Waals surface area contributed by atoms with E-state index in [1.165, 1.54) is 6.08 Å². The molecule has 0 saturated heterocycles. The summed E-state index contributed by atoms with van der Waals surface area (Å²) in [6.07, 6.45) is 3.43. The van der Waals surface area contributed by atoms with E-state index in [4.69, 9.17) is 10.4 Å². The summed E-state index contributed by atoms with van der Waals surface area (Å²) in [5, 5.41) is 15.6. The van der Waals surface area contributed by atoms with Gasteiger partial charge < -0.3 is 5.11 Å². The van der Waals surface area contributed by atoms with Gasteiger partial charge in [0.1, 0.15) is 0 Å². The predicted octanol–water partition coefficient (Wildman–Crippen LogP) is 1.73. The van der Waals surface area contributed by atoms with Crippen LogP contribution in [0.25, 0.3) is 0 Å². The molecule has 0 spiro atoms. The fourth-order valence-electron chi connectivity index (χ4n) is 0.188. The van der Waals surface area contributed by atoms with Gasteiger partial charge in [-0.2, -0.15) is 5.26 Å². The van der Waals surface area contributed by atoms with Crippen LogP contribution < -0.4 is 0 Å². The van der Waals surface area contributed by atoms with E-state index in [1.807, 2.05) is 6.07 Å². The third-order valence-electron chi connectivity index (χ3n) is 0.555. The van der Waals surface area contributed by atoms with E-state index in [2.05, 4.69) is 13.2 Å². The van der Waals surface area contributed by atoms with Crippen LogP contribution in [0.3, 0.4) is 0 Å². The highest BCUT2D eigenvalue weighted by atomic mass is 16.4. The molecule has 0 aromatic heterocycles. The Kier molecular flexibility index (Phi) is 12.4. The highest BCUT2D eigenvalue weighted by molar-refractivity contribution is 5.68. The first-order chi connectivity index (χ1) is 5.18. The third-order valence-corrected chi connectivity index (χ3v) is 0.555. The van der Waals surface area contributed by atoms with Gasteiger partial charge in [-0.3, -0.25) is 4.79 Å². The third kappa shape index (κ3) is 29.6. The summed E-state index contributed by atoms with van der Waals surface area (Å²) in [5.41, 5.74) is 0. The molecule has 0 rings (SSSR count). The van der Waals surface area contributed by atoms with Crippen molar-refractivity contribution in [2.45, 2.75) is 12.8 Å². The first-order valence-electron chi connectivity index (χ1n) is 2.99. The maximum Gasteiger partial charge on any atom is 0.307 e. The average molecular weight is 153 g/mol. The summed E-state index contributed by atoms with van der Waals surface area (Å²) in [4.78, 5) is 9.53. The molecule has 0 unspecified atom stereocenters. The molecule has 0 atom stereocenters. The zero-order chi connectivity index (χ0) is 9.11. The fourth-order valence-corrected chi connectivity index (χ4v) is 0.188. The SMILES string of the molecule is C=CCC#N.C=CCC(=O)O. The molecule has 0 amide bonds. The fraction of sp³-hybridized carbons (Fsp3) is 0.250. The van der Waals surface area contributed by atoms with Crippen LogP contribution >= 0.6 is 0 Å². The summed E-state index contributed by atoms with van der Waals surface area (Å²) in [6.45, 7) is 6.55. The lowest BCUT2D eigenvalue weighted by Gasteiger charge is -1.75. The Labute approximate surface area is 66.3 Å². The van der Waals surface area contributed by atoms with Gasteiger partial charge in [0.25, 0.3) is 0 Å². The Morgan fingerprint density at radius 1 is 1.55 bits per heavy atom. The minimum absolute atomic E-state index is 0.0556. The Morgan fingerprint density at radius 3 is 2.09 bits per heavy atom. The van der Waals surface area contributed by atoms with E-state index in [0.717, 1.165) is 0 Å². The number of carboxylic acid groups (broad SMARTS) is 1. The van der Waals surface area contributed by atoms with E-state index < -0.39 is 5.97 Å². The van der Waals surface area contributed by atoms with Crippen LogP contribution in [-0.2, 0) is 4.79 Å². The smallest absolute Gasteiger partial charge is 0.307 e. The first-order valence-corrected chi connectivity index (χ1v) is 2.99. The van der Waals surface area contributed by atoms with Gasteiger partial charge in [0.15, 0.2) is 0 Å². The lowest BCUT2D eigenvalue weighted by Crippen LogP contribution is -1.88. The van der Waals surface area contributed by atoms with Crippen molar-refractivity contribution in [1.82, 2.24) is 0 Å². The van der Waals surface area contributed by atoms with Crippen LogP contribution in [0.5, 0.6) is 0 Å². The highest BCUT2D eigenvalue weighted by Crippen LogP contribution is 1.74. The molecule has 11 heavy (non-hydrogen) atoms. The van der Waals surface area contributed by atoms with Gasteiger partial charge in [0.05, 0.1) is 18.9 Å². The number of nitriles is 1. The van der Waals surface area contributed by atoms with Crippen LogP contribution in [0.1, 0.15) is 12.8 Å². The molecule has 3 heteroatoms. The minimum atomic E-state index is -0.829. The number of aliphatic carboxylic acids is 1. The van der Waals surface area contributed by atoms with Gasteiger partial charge in [0, 0.05) is 0 Å². The Hall–Kier alpha value is -1.56. The van der Waals surface area contributed by atoms with Crippen molar-refractivity contribution in [3.8, 4) is 6.07 Å². The van der Waals surface area contributed by atoms with Gasteiger partial charge in [-0.05, 0) is 0 Å². The standard InChI is InChI=1S/C4H5N.C4H6O2/c1-2-3-4-5;1-2-3-4(5)6/h2H,1,3H2;2H,1,3H2,(H,5,6). The van der Waals surface area contributed by atoms with Crippen LogP contribution in [-0.4, -0.2) is 11.1 Å². The molecule has 0 heterocycles. The van der Waals surface area contributed by atoms with Crippen LogP contribution in [0, 0.1) is 11.3 Å². The number of carbonyl (C=O) groups is 1. The molecule has 0 radical (unpaired) electrons. The Morgan fingerprint density at radius 2 is 2.09 bits per heavy atom. The van der Waals surface area contributed by atoms with Crippen molar-refractivity contribution in [1.29, 1.82) is 5.26 Å². The highest BCUT2D eigenvalue weighted by Gasteiger charge is 1.84. The van der Waals surface area contributed by atoms with Gasteiger partial charge >= 0.3 is 5.97 Å². The maximum absolute atomic E-state index is 9.53. The van der Waals surface area contributed by atoms with E-state index >= 15 is 0 Å². The predicted molar refractivity (Wildman–Crippen MR) is 42.9 cm³/mol. The van der Waals surface area contributed by atoms with Crippen molar-refractivity contribution in [3.05, 3.63) is 25.3 Å². The molecular weight excluding hydrogens is 142 g/mol. The van der Waals surface area contributed by atoms with E-state index in [0.29, 0.717) is 6.42 Å². The number of hydrogen-bond acceptors (Lipinski definition) is 2. The van der Waals surface area contributed by atoms with E-state index in [-0.39, 0.29) is 6.42 Å². The van der Waals surface area contributed by atoms with Crippen molar-refractivity contribution < 1.29 is 9.90 Å². The second-order valence-corrected chi connectivity index (χ2v) is 1.54. The first kappa shape index (κ1) is 12.1. The summed E-state index contributed by atoms with van der Waals surface area (Å²) in [5.74, 6) is -0.829. The van der Waals surface area contributed by atoms with Crippen LogP contribution in [0.4, 0.5) is 0 Å². The Bertz CT molecular complexity index is 167. The largest absolute Gasteiger partial charge is 0.481 e. The molecule has 0 saturated carbocycles. The van der Waals surface area contributed by atoms with Crippen molar-refractivity contribution >= 4 is 5.97 Å². The molecule has 0 fully saturated rings. The normalized spacial score (nSPS) is 6.45. The molecule has 3 nitrogen and oxygen atoms in total. The summed E-state index contributed by atoms with van der Waals surface area (Å²) < 4.78 is 0.